The minimum absolute atomic E-state index is 0.0837. The van der Waals surface area contributed by atoms with Crippen LogP contribution in [-0.4, -0.2) is 32.9 Å². The van der Waals surface area contributed by atoms with E-state index in [4.69, 9.17) is 17.3 Å². The molecule has 110 valence electrons. The fourth-order valence-electron chi connectivity index (χ4n) is 1.25. The van der Waals surface area contributed by atoms with Gasteiger partial charge in [-0.15, -0.1) is 0 Å². The summed E-state index contributed by atoms with van der Waals surface area (Å²) in [4.78, 5) is 21.8. The van der Waals surface area contributed by atoms with Crippen molar-refractivity contribution in [3.8, 4) is 0 Å². The van der Waals surface area contributed by atoms with Gasteiger partial charge in [-0.3, -0.25) is 9.59 Å². The highest BCUT2D eigenvalue weighted by molar-refractivity contribution is 7.89. The zero-order valence-electron chi connectivity index (χ0n) is 10.5. The van der Waals surface area contributed by atoms with E-state index in [9.17, 15) is 18.0 Å². The van der Waals surface area contributed by atoms with Crippen LogP contribution in [0, 0.1) is 0 Å². The molecule has 0 spiro atoms. The Morgan fingerprint density at radius 3 is 2.65 bits per heavy atom. The van der Waals surface area contributed by atoms with E-state index in [2.05, 4.69) is 9.46 Å². The minimum Gasteiger partial charge on any atom is -0.454 e. The molecular weight excluding hydrogens is 308 g/mol. The third kappa shape index (κ3) is 4.80. The molecule has 0 unspecified atom stereocenters. The Bertz CT molecular complexity index is 617. The molecular formula is C11H13ClN2O5S. The maximum atomic E-state index is 12.0. The molecule has 0 heterocycles. The van der Waals surface area contributed by atoms with Crippen molar-refractivity contribution in [2.24, 2.45) is 5.73 Å². The second-order valence-electron chi connectivity index (χ2n) is 3.87. The largest absolute Gasteiger partial charge is 0.454 e. The highest BCUT2D eigenvalue weighted by atomic mass is 35.5. The molecule has 0 aliphatic heterocycles. The van der Waals surface area contributed by atoms with Crippen LogP contribution in [0.3, 0.4) is 0 Å². The van der Waals surface area contributed by atoms with Gasteiger partial charge in [0, 0.05) is 5.02 Å². The Morgan fingerprint density at radius 1 is 1.45 bits per heavy atom. The van der Waals surface area contributed by atoms with Crippen molar-refractivity contribution in [2.75, 3.05) is 6.61 Å². The summed E-state index contributed by atoms with van der Waals surface area (Å²) in [5.74, 6) is -1.74. The fraction of sp³-hybridized carbons (Fsp3) is 0.273. The number of esters is 1. The van der Waals surface area contributed by atoms with E-state index in [1.807, 2.05) is 0 Å². The molecule has 1 atom stereocenters. The van der Waals surface area contributed by atoms with Crippen molar-refractivity contribution >= 4 is 33.5 Å². The van der Waals surface area contributed by atoms with Crippen LogP contribution in [0.25, 0.3) is 0 Å². The van der Waals surface area contributed by atoms with Gasteiger partial charge in [0.1, 0.15) is 6.04 Å². The molecule has 0 saturated heterocycles. The number of benzene rings is 1. The molecule has 0 aliphatic carbocycles. The molecule has 1 aromatic rings. The third-order valence-electron chi connectivity index (χ3n) is 2.15. The van der Waals surface area contributed by atoms with E-state index in [0.29, 0.717) is 0 Å². The lowest BCUT2D eigenvalue weighted by molar-refractivity contribution is -0.149. The topological polar surface area (TPSA) is 116 Å². The molecule has 0 aliphatic rings. The molecule has 7 nitrogen and oxygen atoms in total. The SMILES string of the molecule is C[C@H](NS(=O)(=O)c1cccc(Cl)c1)C(=O)OCC(N)=O. The van der Waals surface area contributed by atoms with E-state index in [0.717, 1.165) is 0 Å². The normalized spacial score (nSPS) is 12.7. The van der Waals surface area contributed by atoms with Gasteiger partial charge in [0.2, 0.25) is 10.0 Å². The summed E-state index contributed by atoms with van der Waals surface area (Å²) in [7, 11) is -3.92. The van der Waals surface area contributed by atoms with Crippen molar-refractivity contribution in [3.05, 3.63) is 29.3 Å². The Balaban J connectivity index is 2.76. The number of sulfonamides is 1. The summed E-state index contributed by atoms with van der Waals surface area (Å²) in [6.45, 7) is 0.674. The van der Waals surface area contributed by atoms with Gasteiger partial charge in [0.25, 0.3) is 5.91 Å². The van der Waals surface area contributed by atoms with Gasteiger partial charge in [0.05, 0.1) is 4.90 Å². The summed E-state index contributed by atoms with van der Waals surface area (Å²) in [6, 6.07) is 4.39. The quantitative estimate of drug-likeness (QED) is 0.718. The van der Waals surface area contributed by atoms with Crippen molar-refractivity contribution in [1.29, 1.82) is 0 Å². The molecule has 9 heteroatoms. The summed E-state index contributed by atoms with van der Waals surface area (Å²) >= 11 is 5.70. The van der Waals surface area contributed by atoms with Gasteiger partial charge in [-0.2, -0.15) is 4.72 Å². The van der Waals surface area contributed by atoms with Crippen molar-refractivity contribution in [3.63, 3.8) is 0 Å². The molecule has 1 aromatic carbocycles. The van der Waals surface area contributed by atoms with Gasteiger partial charge >= 0.3 is 5.97 Å². The highest BCUT2D eigenvalue weighted by Crippen LogP contribution is 2.15. The zero-order valence-corrected chi connectivity index (χ0v) is 12.1. The number of primary amides is 1. The lowest BCUT2D eigenvalue weighted by atomic mass is 10.4. The van der Waals surface area contributed by atoms with Crippen LogP contribution in [0.2, 0.25) is 5.02 Å². The first-order valence-corrected chi connectivity index (χ1v) is 7.31. The lowest BCUT2D eigenvalue weighted by Crippen LogP contribution is -2.40. The lowest BCUT2D eigenvalue weighted by Gasteiger charge is -2.13. The number of rotatable bonds is 6. The molecule has 0 fully saturated rings. The number of carbonyl (C=O) groups is 2. The first-order chi connectivity index (χ1) is 9.22. The number of halogens is 1. The summed E-state index contributed by atoms with van der Waals surface area (Å²) in [6.07, 6.45) is 0. The molecule has 1 amide bonds. The first-order valence-electron chi connectivity index (χ1n) is 5.45. The van der Waals surface area contributed by atoms with Crippen molar-refractivity contribution in [2.45, 2.75) is 17.9 Å². The van der Waals surface area contributed by atoms with Crippen molar-refractivity contribution in [1.82, 2.24) is 4.72 Å². The molecule has 1 rings (SSSR count). The second-order valence-corrected chi connectivity index (χ2v) is 6.02. The average molecular weight is 321 g/mol. The molecule has 0 radical (unpaired) electrons. The highest BCUT2D eigenvalue weighted by Gasteiger charge is 2.23. The van der Waals surface area contributed by atoms with Gasteiger partial charge in [-0.1, -0.05) is 17.7 Å². The number of hydrogen-bond donors (Lipinski definition) is 2. The van der Waals surface area contributed by atoms with E-state index >= 15 is 0 Å². The van der Waals surface area contributed by atoms with Gasteiger partial charge in [-0.25, -0.2) is 8.42 Å². The number of hydrogen-bond acceptors (Lipinski definition) is 5. The standard InChI is InChI=1S/C11H13ClN2O5S/c1-7(11(16)19-6-10(13)15)14-20(17,18)9-4-2-3-8(12)5-9/h2-5,7,14H,6H2,1H3,(H2,13,15)/t7-/m0/s1. The van der Waals surface area contributed by atoms with E-state index in [-0.39, 0.29) is 9.92 Å². The Morgan fingerprint density at radius 2 is 2.10 bits per heavy atom. The fourth-order valence-corrected chi connectivity index (χ4v) is 2.74. The van der Waals surface area contributed by atoms with Crippen LogP contribution in [0.4, 0.5) is 0 Å². The monoisotopic (exact) mass is 320 g/mol. The number of nitrogens with one attached hydrogen (secondary N) is 1. The van der Waals surface area contributed by atoms with Crippen LogP contribution in [0.15, 0.2) is 29.2 Å². The zero-order chi connectivity index (χ0) is 15.3. The number of amides is 1. The second kappa shape index (κ2) is 6.69. The minimum atomic E-state index is -3.92. The maximum absolute atomic E-state index is 12.0. The number of ether oxygens (including phenoxy) is 1. The predicted molar refractivity (Wildman–Crippen MR) is 71.4 cm³/mol. The van der Waals surface area contributed by atoms with Gasteiger partial charge in [-0.05, 0) is 25.1 Å². The van der Waals surface area contributed by atoms with Crippen LogP contribution < -0.4 is 10.5 Å². The third-order valence-corrected chi connectivity index (χ3v) is 3.92. The maximum Gasteiger partial charge on any atom is 0.324 e. The summed E-state index contributed by atoms with van der Waals surface area (Å²) < 4.78 is 30.6. The van der Waals surface area contributed by atoms with Crippen LogP contribution >= 0.6 is 11.6 Å². The van der Waals surface area contributed by atoms with Crippen LogP contribution in [-0.2, 0) is 24.3 Å². The van der Waals surface area contributed by atoms with Gasteiger partial charge in [0.15, 0.2) is 6.61 Å². The molecule has 0 aromatic heterocycles. The summed E-state index contributed by atoms with van der Waals surface area (Å²) in [5, 5.41) is 0.247. The Labute approximate surface area is 121 Å². The van der Waals surface area contributed by atoms with Crippen molar-refractivity contribution < 1.29 is 22.7 Å². The van der Waals surface area contributed by atoms with Crippen LogP contribution in [0.5, 0.6) is 0 Å². The summed E-state index contributed by atoms with van der Waals surface area (Å²) in [5.41, 5.74) is 4.81. The molecule has 3 N–H and O–H groups in total. The van der Waals surface area contributed by atoms with E-state index in [1.165, 1.54) is 31.2 Å². The number of nitrogens with two attached hydrogens (primary N) is 1. The molecule has 0 bridgehead atoms. The Hall–Kier alpha value is -1.64. The van der Waals surface area contributed by atoms with Crippen LogP contribution in [0.1, 0.15) is 6.92 Å². The Kier molecular flexibility index (Phi) is 5.49. The molecule has 0 saturated carbocycles. The number of carbonyl (C=O) groups excluding carboxylic acids is 2. The van der Waals surface area contributed by atoms with E-state index in [1.54, 1.807) is 0 Å². The first kappa shape index (κ1) is 16.4. The predicted octanol–water partition coefficient (Wildman–Crippen LogP) is 0.0353. The smallest absolute Gasteiger partial charge is 0.324 e. The van der Waals surface area contributed by atoms with Gasteiger partial charge < -0.3 is 10.5 Å². The van der Waals surface area contributed by atoms with E-state index < -0.39 is 34.5 Å². The molecule has 20 heavy (non-hydrogen) atoms. The average Bonchev–Trinajstić information content (AvgIpc) is 2.35.